The fraction of sp³-hybridized carbons (Fsp3) is 0.389. The van der Waals surface area contributed by atoms with Gasteiger partial charge in [-0.3, -0.25) is 14.4 Å². The van der Waals surface area contributed by atoms with Gasteiger partial charge in [0.25, 0.3) is 0 Å². The van der Waals surface area contributed by atoms with Gasteiger partial charge in [0.15, 0.2) is 5.41 Å². The number of hydrogen-bond donors (Lipinski definition) is 0. The second-order valence-electron chi connectivity index (χ2n) is 6.30. The first kappa shape index (κ1) is 16.2. The van der Waals surface area contributed by atoms with Gasteiger partial charge in [0.05, 0.1) is 5.92 Å². The molecule has 3 atom stereocenters. The predicted octanol–water partition coefficient (Wildman–Crippen LogP) is 2.13. The molecule has 1 aliphatic carbocycles. The van der Waals surface area contributed by atoms with Gasteiger partial charge < -0.3 is 14.2 Å². The molecule has 1 fully saturated rings. The van der Waals surface area contributed by atoms with E-state index in [9.17, 15) is 14.4 Å². The molecule has 24 heavy (non-hydrogen) atoms. The van der Waals surface area contributed by atoms with E-state index in [0.29, 0.717) is 11.3 Å². The van der Waals surface area contributed by atoms with E-state index < -0.39 is 34.8 Å². The van der Waals surface area contributed by atoms with Gasteiger partial charge in [-0.2, -0.15) is 0 Å². The van der Waals surface area contributed by atoms with Gasteiger partial charge in [-0.1, -0.05) is 30.9 Å². The highest BCUT2D eigenvalue weighted by atomic mass is 16.6. The van der Waals surface area contributed by atoms with Crippen molar-refractivity contribution in [2.45, 2.75) is 31.8 Å². The first-order chi connectivity index (χ1) is 11.3. The molecule has 1 saturated carbocycles. The Morgan fingerprint density at radius 2 is 2.12 bits per heavy atom. The average molecular weight is 330 g/mol. The summed E-state index contributed by atoms with van der Waals surface area (Å²) < 4.78 is 16.0. The SMILES string of the molecule is C=CCOC(=O)[C@]12C[C@](C)(OC(C)=O)[C@H]1c1ccccc1OC2=O. The standard InChI is InChI=1S/C18H18O6/c1-4-9-22-15(20)18-10-17(3,24-11(2)19)14(18)12-7-5-6-8-13(12)23-16(18)21/h4-8,14H,1,9-10H2,2-3H3/t14-,17+,18+/m1/s1. The van der Waals surface area contributed by atoms with Crippen LogP contribution in [0.5, 0.6) is 5.75 Å². The maximum Gasteiger partial charge on any atom is 0.329 e. The molecule has 3 rings (SSSR count). The monoisotopic (exact) mass is 330 g/mol. The molecule has 1 aliphatic heterocycles. The van der Waals surface area contributed by atoms with Crippen molar-refractivity contribution in [2.75, 3.05) is 6.61 Å². The minimum Gasteiger partial charge on any atom is -0.461 e. The van der Waals surface area contributed by atoms with Crippen LogP contribution in [0.4, 0.5) is 0 Å². The fourth-order valence-electron chi connectivity index (χ4n) is 3.90. The molecule has 1 heterocycles. The van der Waals surface area contributed by atoms with E-state index in [2.05, 4.69) is 6.58 Å². The van der Waals surface area contributed by atoms with E-state index in [1.54, 1.807) is 31.2 Å². The second-order valence-corrected chi connectivity index (χ2v) is 6.30. The number of fused-ring (bicyclic) bond motifs is 3. The van der Waals surface area contributed by atoms with Crippen molar-refractivity contribution in [3.05, 3.63) is 42.5 Å². The zero-order chi connectivity index (χ0) is 17.5. The Morgan fingerprint density at radius 1 is 1.42 bits per heavy atom. The Labute approximate surface area is 139 Å². The molecule has 0 N–H and O–H groups in total. The third-order valence-corrected chi connectivity index (χ3v) is 4.60. The van der Waals surface area contributed by atoms with Crippen molar-refractivity contribution >= 4 is 17.9 Å². The van der Waals surface area contributed by atoms with Crippen molar-refractivity contribution in [3.8, 4) is 5.75 Å². The van der Waals surface area contributed by atoms with E-state index in [1.165, 1.54) is 13.0 Å². The summed E-state index contributed by atoms with van der Waals surface area (Å²) >= 11 is 0. The molecule has 2 aliphatic rings. The largest absolute Gasteiger partial charge is 0.461 e. The normalized spacial score (nSPS) is 30.1. The van der Waals surface area contributed by atoms with E-state index in [1.807, 2.05) is 0 Å². The van der Waals surface area contributed by atoms with Gasteiger partial charge >= 0.3 is 17.9 Å². The number of ether oxygens (including phenoxy) is 3. The Bertz CT molecular complexity index is 739. The number of hydrogen-bond acceptors (Lipinski definition) is 6. The number of rotatable bonds is 4. The lowest BCUT2D eigenvalue weighted by molar-refractivity contribution is -0.218. The van der Waals surface area contributed by atoms with E-state index in [-0.39, 0.29) is 13.0 Å². The molecule has 126 valence electrons. The lowest BCUT2D eigenvalue weighted by atomic mass is 9.48. The first-order valence-electron chi connectivity index (χ1n) is 7.64. The average Bonchev–Trinajstić information content (AvgIpc) is 2.50. The predicted molar refractivity (Wildman–Crippen MR) is 83.2 cm³/mol. The zero-order valence-electron chi connectivity index (χ0n) is 13.5. The summed E-state index contributed by atoms with van der Waals surface area (Å²) in [6.45, 7) is 6.51. The topological polar surface area (TPSA) is 78.9 Å². The highest BCUT2D eigenvalue weighted by Gasteiger charge is 2.75. The number of esters is 3. The molecule has 0 saturated heterocycles. The summed E-state index contributed by atoms with van der Waals surface area (Å²) in [4.78, 5) is 36.8. The summed E-state index contributed by atoms with van der Waals surface area (Å²) in [5.74, 6) is -2.11. The van der Waals surface area contributed by atoms with Crippen LogP contribution < -0.4 is 4.74 Å². The number of carbonyl (C=O) groups excluding carboxylic acids is 3. The Hall–Kier alpha value is -2.63. The molecular weight excluding hydrogens is 312 g/mol. The molecule has 0 radical (unpaired) electrons. The lowest BCUT2D eigenvalue weighted by Crippen LogP contribution is -2.69. The molecule has 1 aromatic carbocycles. The van der Waals surface area contributed by atoms with Gasteiger partial charge in [0, 0.05) is 18.9 Å². The van der Waals surface area contributed by atoms with Crippen molar-refractivity contribution in [3.63, 3.8) is 0 Å². The second kappa shape index (κ2) is 5.47. The molecule has 0 amide bonds. The van der Waals surface area contributed by atoms with Crippen molar-refractivity contribution in [1.29, 1.82) is 0 Å². The molecule has 6 nitrogen and oxygen atoms in total. The van der Waals surface area contributed by atoms with E-state index in [0.717, 1.165) is 0 Å². The molecule has 0 unspecified atom stereocenters. The number of carbonyl (C=O) groups is 3. The molecule has 1 aromatic rings. The molecule has 0 aromatic heterocycles. The van der Waals surface area contributed by atoms with Gasteiger partial charge in [0.2, 0.25) is 0 Å². The summed E-state index contributed by atoms with van der Waals surface area (Å²) in [6.07, 6.45) is 1.45. The maximum absolute atomic E-state index is 12.6. The summed E-state index contributed by atoms with van der Waals surface area (Å²) in [5.41, 5.74) is -1.82. The maximum atomic E-state index is 12.6. The van der Waals surface area contributed by atoms with E-state index >= 15 is 0 Å². The lowest BCUT2D eigenvalue weighted by Gasteiger charge is -2.58. The van der Waals surface area contributed by atoms with Gasteiger partial charge in [-0.25, -0.2) is 0 Å². The van der Waals surface area contributed by atoms with Gasteiger partial charge in [-0.05, 0) is 13.0 Å². The summed E-state index contributed by atoms with van der Waals surface area (Å²) in [7, 11) is 0. The number of benzene rings is 1. The van der Waals surface area contributed by atoms with Crippen LogP contribution in [-0.4, -0.2) is 30.1 Å². The van der Waals surface area contributed by atoms with Crippen LogP contribution in [0.3, 0.4) is 0 Å². The Balaban J connectivity index is 2.09. The molecule has 0 spiro atoms. The first-order valence-corrected chi connectivity index (χ1v) is 7.64. The minimum absolute atomic E-state index is 0.00743. The Morgan fingerprint density at radius 3 is 2.79 bits per heavy atom. The molecular formula is C18H18O6. The smallest absolute Gasteiger partial charge is 0.329 e. The zero-order valence-corrected chi connectivity index (χ0v) is 13.5. The van der Waals surface area contributed by atoms with Crippen LogP contribution in [0.15, 0.2) is 36.9 Å². The van der Waals surface area contributed by atoms with Gasteiger partial charge in [-0.15, -0.1) is 0 Å². The van der Waals surface area contributed by atoms with Gasteiger partial charge in [0.1, 0.15) is 18.0 Å². The highest BCUT2D eigenvalue weighted by molar-refractivity contribution is 6.05. The van der Waals surface area contributed by atoms with Crippen LogP contribution in [0, 0.1) is 5.41 Å². The van der Waals surface area contributed by atoms with Crippen LogP contribution in [0.25, 0.3) is 0 Å². The molecule has 0 bridgehead atoms. The van der Waals surface area contributed by atoms with Crippen LogP contribution in [0.1, 0.15) is 31.7 Å². The minimum atomic E-state index is -1.50. The van der Waals surface area contributed by atoms with Crippen molar-refractivity contribution < 1.29 is 28.6 Å². The number of para-hydroxylation sites is 1. The summed E-state index contributed by atoms with van der Waals surface area (Å²) in [5, 5.41) is 0. The third-order valence-electron chi connectivity index (χ3n) is 4.60. The van der Waals surface area contributed by atoms with Crippen molar-refractivity contribution in [1.82, 2.24) is 0 Å². The Kier molecular flexibility index (Phi) is 3.70. The summed E-state index contributed by atoms with van der Waals surface area (Å²) in [6, 6.07) is 6.93. The van der Waals surface area contributed by atoms with Crippen molar-refractivity contribution in [2.24, 2.45) is 5.41 Å². The van der Waals surface area contributed by atoms with Crippen LogP contribution in [-0.2, 0) is 23.9 Å². The quantitative estimate of drug-likeness (QED) is 0.364. The highest BCUT2D eigenvalue weighted by Crippen LogP contribution is 2.65. The third kappa shape index (κ3) is 2.13. The van der Waals surface area contributed by atoms with Crippen LogP contribution in [0.2, 0.25) is 0 Å². The van der Waals surface area contributed by atoms with E-state index in [4.69, 9.17) is 14.2 Å². The fourth-order valence-corrected chi connectivity index (χ4v) is 3.90. The van der Waals surface area contributed by atoms with Crippen LogP contribution >= 0.6 is 0 Å². The molecule has 6 heteroatoms.